The molecule has 1 aromatic carbocycles. The van der Waals surface area contributed by atoms with Crippen molar-refractivity contribution >= 4 is 28.3 Å². The third kappa shape index (κ3) is 2.77. The van der Waals surface area contributed by atoms with Crippen molar-refractivity contribution in [2.45, 2.75) is 6.92 Å². The van der Waals surface area contributed by atoms with Gasteiger partial charge in [-0.05, 0) is 19.1 Å². The molecule has 0 saturated carbocycles. The summed E-state index contributed by atoms with van der Waals surface area (Å²) in [6.07, 6.45) is 1.50. The molecule has 2 rings (SSSR count). The first-order valence-corrected chi connectivity index (χ1v) is 5.43. The molecule has 2 amide bonds. The summed E-state index contributed by atoms with van der Waals surface area (Å²) in [6.45, 7) is 1.99. The van der Waals surface area contributed by atoms with Crippen LogP contribution in [-0.4, -0.2) is 15.6 Å². The average molecular weight is 234 g/mol. The Kier molecular flexibility index (Phi) is 3.11. The Labute approximate surface area is 96.7 Å². The van der Waals surface area contributed by atoms with Gasteiger partial charge in [0.25, 0.3) is 0 Å². The van der Waals surface area contributed by atoms with E-state index in [9.17, 15) is 4.79 Å². The molecule has 0 bridgehead atoms. The highest BCUT2D eigenvalue weighted by Crippen LogP contribution is 2.11. The molecule has 0 radical (unpaired) electrons. The maximum absolute atomic E-state index is 11.5. The Balaban J connectivity index is 1.95. The number of aryl methyl sites for hydroxylation is 1. The van der Waals surface area contributed by atoms with Gasteiger partial charge in [0.05, 0.1) is 6.20 Å². The number of aromatic nitrogens is 2. The molecule has 0 aliphatic carbocycles. The highest BCUT2D eigenvalue weighted by Gasteiger charge is 2.03. The fourth-order valence-corrected chi connectivity index (χ4v) is 1.55. The third-order valence-electron chi connectivity index (χ3n) is 1.91. The quantitative estimate of drug-likeness (QED) is 0.838. The van der Waals surface area contributed by atoms with Gasteiger partial charge in [-0.25, -0.2) is 4.79 Å². The van der Waals surface area contributed by atoms with E-state index in [2.05, 4.69) is 20.2 Å². The number of nitrogens with zero attached hydrogens (tertiary/aromatic N) is 2. The Hall–Kier alpha value is -1.95. The molecule has 82 valence electrons. The second kappa shape index (κ2) is 4.71. The van der Waals surface area contributed by atoms with Crippen molar-refractivity contribution in [3.63, 3.8) is 0 Å². The molecular formula is C10H10N4OS. The van der Waals surface area contributed by atoms with Crippen LogP contribution in [0.4, 0.5) is 15.5 Å². The van der Waals surface area contributed by atoms with Gasteiger partial charge in [-0.2, -0.15) is 0 Å². The topological polar surface area (TPSA) is 66.9 Å². The van der Waals surface area contributed by atoms with Crippen LogP contribution in [0.25, 0.3) is 0 Å². The number of carbonyl (C=O) groups excluding carboxylic acids is 1. The number of benzene rings is 1. The molecule has 2 N–H and O–H groups in total. The standard InChI is InChI=1S/C10H10N4OS/c1-7-2-4-8(5-3-7)12-10(15)13-9-6-11-14-16-9/h2-6H,1H3,(H2,12,13,15). The molecule has 0 fully saturated rings. The number of amides is 2. The van der Waals surface area contributed by atoms with Gasteiger partial charge >= 0.3 is 6.03 Å². The third-order valence-corrected chi connectivity index (χ3v) is 2.49. The molecule has 0 unspecified atom stereocenters. The van der Waals surface area contributed by atoms with Gasteiger partial charge in [-0.1, -0.05) is 22.2 Å². The van der Waals surface area contributed by atoms with Gasteiger partial charge in [0.2, 0.25) is 0 Å². The average Bonchev–Trinajstić information content (AvgIpc) is 2.74. The molecule has 16 heavy (non-hydrogen) atoms. The largest absolute Gasteiger partial charge is 0.324 e. The molecule has 5 nitrogen and oxygen atoms in total. The second-order valence-electron chi connectivity index (χ2n) is 3.23. The van der Waals surface area contributed by atoms with Crippen LogP contribution in [0.2, 0.25) is 0 Å². The molecule has 1 aromatic heterocycles. The minimum absolute atomic E-state index is 0.296. The Bertz CT molecular complexity index is 466. The summed E-state index contributed by atoms with van der Waals surface area (Å²) >= 11 is 1.13. The predicted molar refractivity (Wildman–Crippen MR) is 63.7 cm³/mol. The Morgan fingerprint density at radius 3 is 2.62 bits per heavy atom. The van der Waals surface area contributed by atoms with Crippen molar-refractivity contribution in [3.8, 4) is 0 Å². The molecule has 2 aromatic rings. The number of rotatable bonds is 2. The van der Waals surface area contributed by atoms with Gasteiger partial charge in [-0.15, -0.1) is 5.10 Å². The minimum atomic E-state index is -0.296. The van der Waals surface area contributed by atoms with Crippen LogP contribution in [0.5, 0.6) is 0 Å². The van der Waals surface area contributed by atoms with Gasteiger partial charge in [0.15, 0.2) is 0 Å². The number of hydrogen-bond donors (Lipinski definition) is 2. The molecule has 6 heteroatoms. The van der Waals surface area contributed by atoms with Gasteiger partial charge in [-0.3, -0.25) is 5.32 Å². The maximum Gasteiger partial charge on any atom is 0.324 e. The number of nitrogens with one attached hydrogen (secondary N) is 2. The number of anilines is 2. The van der Waals surface area contributed by atoms with E-state index >= 15 is 0 Å². The van der Waals surface area contributed by atoms with Crippen molar-refractivity contribution in [1.82, 2.24) is 9.59 Å². The first kappa shape index (κ1) is 10.6. The molecule has 0 aliphatic rings. The van der Waals surface area contributed by atoms with Gasteiger partial charge < -0.3 is 5.32 Å². The summed E-state index contributed by atoms with van der Waals surface area (Å²) < 4.78 is 3.64. The van der Waals surface area contributed by atoms with Crippen LogP contribution in [0.1, 0.15) is 5.56 Å². The second-order valence-corrected chi connectivity index (χ2v) is 4.01. The van der Waals surface area contributed by atoms with Crippen molar-refractivity contribution < 1.29 is 4.79 Å². The van der Waals surface area contributed by atoms with Crippen molar-refractivity contribution in [1.29, 1.82) is 0 Å². The van der Waals surface area contributed by atoms with Crippen LogP contribution in [0.15, 0.2) is 30.5 Å². The lowest BCUT2D eigenvalue weighted by Gasteiger charge is -2.05. The highest BCUT2D eigenvalue weighted by atomic mass is 32.1. The number of carbonyl (C=O) groups is 1. The van der Waals surface area contributed by atoms with Crippen LogP contribution in [0.3, 0.4) is 0 Å². The van der Waals surface area contributed by atoms with E-state index in [1.54, 1.807) is 0 Å². The summed E-state index contributed by atoms with van der Waals surface area (Å²) in [7, 11) is 0. The molecule has 1 heterocycles. The van der Waals surface area contributed by atoms with Crippen molar-refractivity contribution in [3.05, 3.63) is 36.0 Å². The Morgan fingerprint density at radius 1 is 1.25 bits per heavy atom. The number of urea groups is 1. The highest BCUT2D eigenvalue weighted by molar-refractivity contribution is 7.10. The van der Waals surface area contributed by atoms with Crippen LogP contribution >= 0.6 is 11.5 Å². The van der Waals surface area contributed by atoms with E-state index in [1.165, 1.54) is 6.20 Å². The summed E-state index contributed by atoms with van der Waals surface area (Å²) in [5, 5.41) is 9.57. The SMILES string of the molecule is Cc1ccc(NC(=O)Nc2cnns2)cc1. The normalized spacial score (nSPS) is 9.81. The van der Waals surface area contributed by atoms with Crippen LogP contribution in [0, 0.1) is 6.92 Å². The van der Waals surface area contributed by atoms with Gasteiger partial charge in [0.1, 0.15) is 5.00 Å². The maximum atomic E-state index is 11.5. The zero-order valence-electron chi connectivity index (χ0n) is 8.60. The van der Waals surface area contributed by atoms with E-state index in [0.29, 0.717) is 5.00 Å². The molecule has 0 atom stereocenters. The number of hydrogen-bond acceptors (Lipinski definition) is 4. The van der Waals surface area contributed by atoms with E-state index in [1.807, 2.05) is 31.2 Å². The van der Waals surface area contributed by atoms with Crippen LogP contribution < -0.4 is 10.6 Å². The zero-order chi connectivity index (χ0) is 11.4. The summed E-state index contributed by atoms with van der Waals surface area (Å²) in [5.74, 6) is 0. The van der Waals surface area contributed by atoms with E-state index < -0.39 is 0 Å². The minimum Gasteiger partial charge on any atom is -0.308 e. The lowest BCUT2D eigenvalue weighted by Crippen LogP contribution is -2.18. The molecular weight excluding hydrogens is 224 g/mol. The van der Waals surface area contributed by atoms with Crippen molar-refractivity contribution in [2.75, 3.05) is 10.6 Å². The van der Waals surface area contributed by atoms with Crippen LogP contribution in [-0.2, 0) is 0 Å². The predicted octanol–water partition coefficient (Wildman–Crippen LogP) is 2.49. The zero-order valence-corrected chi connectivity index (χ0v) is 9.41. The first-order chi connectivity index (χ1) is 7.74. The summed E-state index contributed by atoms with van der Waals surface area (Å²) in [4.78, 5) is 11.5. The lowest BCUT2D eigenvalue weighted by molar-refractivity contribution is 0.262. The Morgan fingerprint density at radius 2 is 2.00 bits per heavy atom. The van der Waals surface area contributed by atoms with Crippen molar-refractivity contribution in [2.24, 2.45) is 0 Å². The fraction of sp³-hybridized carbons (Fsp3) is 0.100. The molecule has 0 spiro atoms. The van der Waals surface area contributed by atoms with E-state index in [-0.39, 0.29) is 6.03 Å². The monoisotopic (exact) mass is 234 g/mol. The molecule has 0 saturated heterocycles. The lowest BCUT2D eigenvalue weighted by atomic mass is 10.2. The summed E-state index contributed by atoms with van der Waals surface area (Å²) in [6, 6.07) is 7.27. The fourth-order valence-electron chi connectivity index (χ4n) is 1.13. The summed E-state index contributed by atoms with van der Waals surface area (Å²) in [5.41, 5.74) is 1.90. The smallest absolute Gasteiger partial charge is 0.308 e. The van der Waals surface area contributed by atoms with E-state index in [0.717, 1.165) is 22.8 Å². The van der Waals surface area contributed by atoms with E-state index in [4.69, 9.17) is 0 Å². The van der Waals surface area contributed by atoms with Gasteiger partial charge in [0, 0.05) is 17.2 Å². The first-order valence-electron chi connectivity index (χ1n) is 4.66. The molecule has 0 aliphatic heterocycles.